The Bertz CT molecular complexity index is 617. The van der Waals surface area contributed by atoms with Gasteiger partial charge in [0.15, 0.2) is 11.5 Å². The monoisotopic (exact) mass is 336 g/mol. The lowest BCUT2D eigenvalue weighted by molar-refractivity contribution is -0.385. The summed E-state index contributed by atoms with van der Waals surface area (Å²) in [4.78, 5) is 23.4. The first-order valence-electron chi connectivity index (χ1n) is 8.26. The van der Waals surface area contributed by atoms with E-state index >= 15 is 0 Å². The maximum atomic E-state index is 12.6. The van der Waals surface area contributed by atoms with Crippen LogP contribution in [0.2, 0.25) is 0 Å². The number of hydrogen-bond donors (Lipinski definition) is 1. The molecule has 1 aliphatic carbocycles. The number of nitro groups is 1. The highest BCUT2D eigenvalue weighted by atomic mass is 16.6. The summed E-state index contributed by atoms with van der Waals surface area (Å²) >= 11 is 0. The normalized spacial score (nSPS) is 20.3. The minimum atomic E-state index is -0.569. The lowest BCUT2D eigenvalue weighted by Gasteiger charge is -2.27. The third kappa shape index (κ3) is 4.15. The van der Waals surface area contributed by atoms with Crippen LogP contribution >= 0.6 is 0 Å². The molecular formula is C17H24N2O5. The first-order valence-corrected chi connectivity index (χ1v) is 8.26. The molecular weight excluding hydrogens is 312 g/mol. The van der Waals surface area contributed by atoms with Gasteiger partial charge in [0, 0.05) is 12.1 Å². The second-order valence-corrected chi connectivity index (χ2v) is 6.15. The highest BCUT2D eigenvalue weighted by Gasteiger charge is 2.27. The molecule has 0 heterocycles. The zero-order chi connectivity index (χ0) is 17.7. The van der Waals surface area contributed by atoms with Gasteiger partial charge in [-0.1, -0.05) is 19.8 Å². The number of nitrogens with zero attached hydrogens (tertiary/aromatic N) is 1. The molecule has 1 fully saturated rings. The Morgan fingerprint density at radius 3 is 2.71 bits per heavy atom. The molecule has 1 aliphatic rings. The van der Waals surface area contributed by atoms with Crippen molar-refractivity contribution in [3.8, 4) is 11.5 Å². The third-order valence-electron chi connectivity index (χ3n) is 4.29. The van der Waals surface area contributed by atoms with Gasteiger partial charge in [0.2, 0.25) is 0 Å². The Morgan fingerprint density at radius 2 is 2.12 bits per heavy atom. The lowest BCUT2D eigenvalue weighted by Crippen LogP contribution is -2.38. The second-order valence-electron chi connectivity index (χ2n) is 6.15. The van der Waals surface area contributed by atoms with Gasteiger partial charge in [-0.25, -0.2) is 0 Å². The fourth-order valence-corrected chi connectivity index (χ4v) is 3.14. The lowest BCUT2D eigenvalue weighted by atomic mass is 9.87. The Morgan fingerprint density at radius 1 is 1.38 bits per heavy atom. The van der Waals surface area contributed by atoms with E-state index < -0.39 is 10.8 Å². The topological polar surface area (TPSA) is 90.7 Å². The van der Waals surface area contributed by atoms with Gasteiger partial charge in [-0.2, -0.15) is 0 Å². The van der Waals surface area contributed by atoms with Crippen LogP contribution in [0.25, 0.3) is 0 Å². The average Bonchev–Trinajstić information content (AvgIpc) is 2.54. The van der Waals surface area contributed by atoms with E-state index in [1.165, 1.54) is 19.2 Å². The minimum absolute atomic E-state index is 0.00136. The smallest absolute Gasteiger partial charge is 0.286 e. The molecule has 0 radical (unpaired) electrons. The molecule has 2 rings (SSSR count). The van der Waals surface area contributed by atoms with Crippen molar-refractivity contribution in [3.05, 3.63) is 27.8 Å². The number of amides is 1. The zero-order valence-electron chi connectivity index (χ0n) is 14.3. The van der Waals surface area contributed by atoms with Crippen molar-refractivity contribution < 1.29 is 19.2 Å². The van der Waals surface area contributed by atoms with E-state index in [1.807, 2.05) is 0 Å². The molecule has 2 atom stereocenters. The van der Waals surface area contributed by atoms with Crippen LogP contribution in [-0.4, -0.2) is 30.6 Å². The van der Waals surface area contributed by atoms with Crippen molar-refractivity contribution in [2.24, 2.45) is 5.92 Å². The zero-order valence-corrected chi connectivity index (χ0v) is 14.3. The van der Waals surface area contributed by atoms with Gasteiger partial charge in [0.25, 0.3) is 11.6 Å². The Kier molecular flexibility index (Phi) is 6.00. The van der Waals surface area contributed by atoms with Crippen molar-refractivity contribution in [1.29, 1.82) is 0 Å². The Labute approximate surface area is 141 Å². The van der Waals surface area contributed by atoms with Crippen LogP contribution in [-0.2, 0) is 0 Å². The molecule has 1 aromatic rings. The van der Waals surface area contributed by atoms with Gasteiger partial charge < -0.3 is 14.8 Å². The fraction of sp³-hybridized carbons (Fsp3) is 0.588. The molecule has 132 valence electrons. The van der Waals surface area contributed by atoms with E-state index in [4.69, 9.17) is 9.47 Å². The van der Waals surface area contributed by atoms with Gasteiger partial charge in [-0.3, -0.25) is 14.9 Å². The summed E-state index contributed by atoms with van der Waals surface area (Å²) in [5, 5.41) is 14.3. The molecule has 0 spiro atoms. The summed E-state index contributed by atoms with van der Waals surface area (Å²) in [5.41, 5.74) is -0.279. The van der Waals surface area contributed by atoms with Crippen molar-refractivity contribution in [3.63, 3.8) is 0 Å². The van der Waals surface area contributed by atoms with Crippen molar-refractivity contribution >= 4 is 11.6 Å². The first kappa shape index (κ1) is 18.0. The molecule has 0 unspecified atom stereocenters. The summed E-state index contributed by atoms with van der Waals surface area (Å²) < 4.78 is 10.6. The van der Waals surface area contributed by atoms with E-state index in [9.17, 15) is 14.9 Å². The minimum Gasteiger partial charge on any atom is -0.493 e. The molecule has 1 N–H and O–H groups in total. The highest BCUT2D eigenvalue weighted by Crippen LogP contribution is 2.35. The number of rotatable bonds is 6. The number of nitro benzene ring substituents is 1. The number of carbonyl (C=O) groups is 1. The van der Waals surface area contributed by atoms with E-state index in [2.05, 4.69) is 12.2 Å². The largest absolute Gasteiger partial charge is 0.493 e. The SMILES string of the molecule is CCOc1cc([N+](=O)[O-])c(C(=O)N[C@H]2CCC[C@@H](C)C2)cc1OC. The third-order valence-corrected chi connectivity index (χ3v) is 4.29. The number of benzene rings is 1. The van der Waals surface area contributed by atoms with E-state index in [0.717, 1.165) is 25.7 Å². The van der Waals surface area contributed by atoms with Gasteiger partial charge in [0.1, 0.15) is 5.56 Å². The number of ether oxygens (including phenoxy) is 2. The van der Waals surface area contributed by atoms with Crippen LogP contribution in [0.3, 0.4) is 0 Å². The van der Waals surface area contributed by atoms with Crippen molar-refractivity contribution in [2.75, 3.05) is 13.7 Å². The van der Waals surface area contributed by atoms with Gasteiger partial charge in [-0.15, -0.1) is 0 Å². The van der Waals surface area contributed by atoms with Crippen LogP contribution < -0.4 is 14.8 Å². The predicted molar refractivity (Wildman–Crippen MR) is 89.7 cm³/mol. The first-order chi connectivity index (χ1) is 11.5. The molecule has 24 heavy (non-hydrogen) atoms. The maximum Gasteiger partial charge on any atom is 0.286 e. The summed E-state index contributed by atoms with van der Waals surface area (Å²) in [6, 6.07) is 2.68. The number of carbonyl (C=O) groups excluding carboxylic acids is 1. The predicted octanol–water partition coefficient (Wildman–Crippen LogP) is 3.31. The highest BCUT2D eigenvalue weighted by molar-refractivity contribution is 5.99. The van der Waals surface area contributed by atoms with Crippen LogP contribution in [0.1, 0.15) is 49.9 Å². The molecule has 0 aliphatic heterocycles. The maximum absolute atomic E-state index is 12.6. The summed E-state index contributed by atoms with van der Waals surface area (Å²) in [6.45, 7) is 4.27. The fourth-order valence-electron chi connectivity index (χ4n) is 3.14. The average molecular weight is 336 g/mol. The standard InChI is InChI=1S/C17H24N2O5/c1-4-24-16-10-14(19(21)22)13(9-15(16)23-3)17(20)18-12-7-5-6-11(2)8-12/h9-12H,4-8H2,1-3H3,(H,18,20)/t11-,12+/m1/s1. The van der Waals surface area contributed by atoms with Crippen LogP contribution in [0, 0.1) is 16.0 Å². The molecule has 1 aromatic carbocycles. The molecule has 0 saturated heterocycles. The Balaban J connectivity index is 2.29. The summed E-state index contributed by atoms with van der Waals surface area (Å²) in [6.07, 6.45) is 4.01. The van der Waals surface area contributed by atoms with Crippen LogP contribution in [0.5, 0.6) is 11.5 Å². The Hall–Kier alpha value is -2.31. The molecule has 7 heteroatoms. The van der Waals surface area contributed by atoms with Crippen molar-refractivity contribution in [1.82, 2.24) is 5.32 Å². The van der Waals surface area contributed by atoms with Gasteiger partial charge in [0.05, 0.1) is 24.7 Å². The van der Waals surface area contributed by atoms with Crippen LogP contribution in [0.15, 0.2) is 12.1 Å². The molecule has 1 amide bonds. The van der Waals surface area contributed by atoms with Gasteiger partial charge in [-0.05, 0) is 25.7 Å². The van der Waals surface area contributed by atoms with Crippen molar-refractivity contribution in [2.45, 2.75) is 45.6 Å². The summed E-state index contributed by atoms with van der Waals surface area (Å²) in [5.74, 6) is 0.676. The number of nitrogens with one attached hydrogen (secondary N) is 1. The number of hydrogen-bond acceptors (Lipinski definition) is 5. The van der Waals surface area contributed by atoms with Crippen LogP contribution in [0.4, 0.5) is 5.69 Å². The van der Waals surface area contributed by atoms with E-state index in [-0.39, 0.29) is 23.0 Å². The van der Waals surface area contributed by atoms with E-state index in [1.54, 1.807) is 6.92 Å². The molecule has 1 saturated carbocycles. The number of methoxy groups -OCH3 is 1. The molecule has 0 bridgehead atoms. The summed E-state index contributed by atoms with van der Waals surface area (Å²) in [7, 11) is 1.44. The molecule has 0 aromatic heterocycles. The quantitative estimate of drug-likeness (QED) is 0.636. The van der Waals surface area contributed by atoms with E-state index in [0.29, 0.717) is 18.3 Å². The van der Waals surface area contributed by atoms with Gasteiger partial charge >= 0.3 is 0 Å². The molecule has 7 nitrogen and oxygen atoms in total. The second kappa shape index (κ2) is 7.99.